The fourth-order valence-electron chi connectivity index (χ4n) is 2.84. The molecule has 7 heteroatoms. The van der Waals surface area contributed by atoms with Crippen LogP contribution < -0.4 is 4.90 Å². The van der Waals surface area contributed by atoms with Crippen molar-refractivity contribution in [1.29, 1.82) is 0 Å². The Balaban J connectivity index is 1.94. The van der Waals surface area contributed by atoms with Crippen molar-refractivity contribution in [2.45, 2.75) is 32.7 Å². The molecule has 3 heterocycles. The van der Waals surface area contributed by atoms with E-state index in [4.69, 9.17) is 5.11 Å². The lowest BCUT2D eigenvalue weighted by Gasteiger charge is -2.36. The predicted molar refractivity (Wildman–Crippen MR) is 72.7 cm³/mol. The molecule has 0 amide bonds. The van der Waals surface area contributed by atoms with E-state index in [0.717, 1.165) is 17.3 Å². The van der Waals surface area contributed by atoms with Gasteiger partial charge in [0.15, 0.2) is 5.82 Å². The number of piperidine rings is 1. The normalized spacial score (nSPS) is 23.2. The first-order valence-electron chi connectivity index (χ1n) is 6.73. The Kier molecular flexibility index (Phi) is 3.04. The minimum atomic E-state index is -0.707. The third-order valence-electron chi connectivity index (χ3n) is 3.98. The van der Waals surface area contributed by atoms with E-state index in [0.29, 0.717) is 19.4 Å². The number of hydrogen-bond donors (Lipinski definition) is 1. The van der Waals surface area contributed by atoms with Crippen LogP contribution in [0.3, 0.4) is 0 Å². The maximum Gasteiger partial charge on any atom is 0.306 e. The second-order valence-electron chi connectivity index (χ2n) is 5.29. The van der Waals surface area contributed by atoms with Gasteiger partial charge in [-0.3, -0.25) is 9.20 Å². The SMILES string of the molecule is Cc1nnc2c(N3CCC(C(=O)O)CC3C)nccn12. The molecule has 2 aromatic rings. The quantitative estimate of drug-likeness (QED) is 0.884. The minimum absolute atomic E-state index is 0.126. The number of carbonyl (C=O) groups is 1. The fraction of sp³-hybridized carbons (Fsp3) is 0.538. The number of aryl methyl sites for hydroxylation is 1. The molecule has 2 atom stereocenters. The summed E-state index contributed by atoms with van der Waals surface area (Å²) in [4.78, 5) is 17.6. The highest BCUT2D eigenvalue weighted by molar-refractivity contribution is 5.71. The van der Waals surface area contributed by atoms with Crippen molar-refractivity contribution >= 4 is 17.4 Å². The van der Waals surface area contributed by atoms with Gasteiger partial charge in [-0.05, 0) is 26.7 Å². The summed E-state index contributed by atoms with van der Waals surface area (Å²) in [6, 6.07) is 0.126. The minimum Gasteiger partial charge on any atom is -0.481 e. The molecule has 1 aliphatic rings. The van der Waals surface area contributed by atoms with Crippen molar-refractivity contribution in [3.63, 3.8) is 0 Å². The lowest BCUT2D eigenvalue weighted by molar-refractivity contribution is -0.142. The molecule has 3 rings (SSSR count). The smallest absolute Gasteiger partial charge is 0.306 e. The topological polar surface area (TPSA) is 83.6 Å². The van der Waals surface area contributed by atoms with E-state index in [9.17, 15) is 4.79 Å². The number of rotatable bonds is 2. The molecule has 1 N–H and O–H groups in total. The van der Waals surface area contributed by atoms with Crippen LogP contribution in [-0.4, -0.2) is 43.2 Å². The molecule has 1 fully saturated rings. The van der Waals surface area contributed by atoms with Gasteiger partial charge in [0.05, 0.1) is 5.92 Å². The molecule has 0 saturated carbocycles. The van der Waals surface area contributed by atoms with Crippen LogP contribution in [0.1, 0.15) is 25.6 Å². The van der Waals surface area contributed by atoms with E-state index in [1.807, 2.05) is 24.4 Å². The number of nitrogens with zero attached hydrogens (tertiary/aromatic N) is 5. The summed E-state index contributed by atoms with van der Waals surface area (Å²) >= 11 is 0. The number of fused-ring (bicyclic) bond motifs is 1. The third-order valence-corrected chi connectivity index (χ3v) is 3.98. The van der Waals surface area contributed by atoms with Crippen LogP contribution in [-0.2, 0) is 4.79 Å². The summed E-state index contributed by atoms with van der Waals surface area (Å²) in [5, 5.41) is 17.4. The Hall–Kier alpha value is -2.18. The molecule has 106 valence electrons. The summed E-state index contributed by atoms with van der Waals surface area (Å²) in [5.41, 5.74) is 0.727. The van der Waals surface area contributed by atoms with Gasteiger partial charge in [0.25, 0.3) is 0 Å². The standard InChI is InChI=1S/C13H17N5O2/c1-8-7-10(13(19)20)3-5-17(8)11-12-16-15-9(2)18(12)6-4-14-11/h4,6,8,10H,3,5,7H2,1-2H3,(H,19,20). The fourth-order valence-corrected chi connectivity index (χ4v) is 2.84. The van der Waals surface area contributed by atoms with Crippen LogP contribution in [0, 0.1) is 12.8 Å². The van der Waals surface area contributed by atoms with Crippen molar-refractivity contribution in [3.05, 3.63) is 18.2 Å². The Labute approximate surface area is 116 Å². The number of carboxylic acid groups (broad SMARTS) is 1. The monoisotopic (exact) mass is 275 g/mol. The Bertz CT molecular complexity index is 653. The summed E-state index contributed by atoms with van der Waals surface area (Å²) in [5.74, 6) is 0.628. The van der Waals surface area contributed by atoms with Crippen LogP contribution in [0.4, 0.5) is 5.82 Å². The van der Waals surface area contributed by atoms with Gasteiger partial charge in [0.2, 0.25) is 5.65 Å². The van der Waals surface area contributed by atoms with Crippen molar-refractivity contribution < 1.29 is 9.90 Å². The zero-order valence-corrected chi connectivity index (χ0v) is 11.5. The van der Waals surface area contributed by atoms with Gasteiger partial charge < -0.3 is 10.0 Å². The third kappa shape index (κ3) is 1.99. The number of carboxylic acids is 1. The van der Waals surface area contributed by atoms with Crippen LogP contribution >= 0.6 is 0 Å². The van der Waals surface area contributed by atoms with E-state index >= 15 is 0 Å². The lowest BCUT2D eigenvalue weighted by atomic mass is 9.92. The van der Waals surface area contributed by atoms with Gasteiger partial charge in [0.1, 0.15) is 5.82 Å². The largest absolute Gasteiger partial charge is 0.481 e. The van der Waals surface area contributed by atoms with E-state index < -0.39 is 5.97 Å². The molecule has 0 bridgehead atoms. The number of aromatic nitrogens is 4. The highest BCUT2D eigenvalue weighted by Crippen LogP contribution is 2.28. The molecule has 1 saturated heterocycles. The second kappa shape index (κ2) is 4.73. The maximum atomic E-state index is 11.1. The Morgan fingerprint density at radius 3 is 2.95 bits per heavy atom. The summed E-state index contributed by atoms with van der Waals surface area (Å²) in [6.45, 7) is 4.60. The highest BCUT2D eigenvalue weighted by atomic mass is 16.4. The molecule has 2 unspecified atom stereocenters. The summed E-state index contributed by atoms with van der Waals surface area (Å²) < 4.78 is 1.90. The van der Waals surface area contributed by atoms with E-state index in [1.54, 1.807) is 6.20 Å². The number of hydrogen-bond acceptors (Lipinski definition) is 5. The molecule has 1 aliphatic heterocycles. The average Bonchev–Trinajstić information content (AvgIpc) is 2.81. The van der Waals surface area contributed by atoms with Gasteiger partial charge in [0, 0.05) is 25.0 Å². The van der Waals surface area contributed by atoms with Crippen molar-refractivity contribution in [2.24, 2.45) is 5.92 Å². The maximum absolute atomic E-state index is 11.1. The summed E-state index contributed by atoms with van der Waals surface area (Å²) in [6.07, 6.45) is 4.83. The van der Waals surface area contributed by atoms with Crippen LogP contribution in [0.15, 0.2) is 12.4 Å². The van der Waals surface area contributed by atoms with Gasteiger partial charge >= 0.3 is 5.97 Å². The first kappa shape index (κ1) is 12.8. The predicted octanol–water partition coefficient (Wildman–Crippen LogP) is 1.12. The van der Waals surface area contributed by atoms with Gasteiger partial charge in [-0.25, -0.2) is 4.98 Å². The Morgan fingerprint density at radius 2 is 2.25 bits per heavy atom. The molecule has 0 spiro atoms. The second-order valence-corrected chi connectivity index (χ2v) is 5.29. The highest BCUT2D eigenvalue weighted by Gasteiger charge is 2.31. The van der Waals surface area contributed by atoms with Gasteiger partial charge in [-0.1, -0.05) is 0 Å². The molecule has 7 nitrogen and oxygen atoms in total. The molecule has 2 aromatic heterocycles. The van der Waals surface area contributed by atoms with E-state index in [1.165, 1.54) is 0 Å². The van der Waals surface area contributed by atoms with E-state index in [-0.39, 0.29) is 12.0 Å². The lowest BCUT2D eigenvalue weighted by Crippen LogP contribution is -2.43. The zero-order chi connectivity index (χ0) is 14.3. The van der Waals surface area contributed by atoms with Crippen molar-refractivity contribution in [1.82, 2.24) is 19.6 Å². The zero-order valence-electron chi connectivity index (χ0n) is 11.5. The number of aliphatic carboxylic acids is 1. The van der Waals surface area contributed by atoms with Crippen molar-refractivity contribution in [2.75, 3.05) is 11.4 Å². The van der Waals surface area contributed by atoms with Crippen molar-refractivity contribution in [3.8, 4) is 0 Å². The van der Waals surface area contributed by atoms with Crippen LogP contribution in [0.25, 0.3) is 5.65 Å². The molecular weight excluding hydrogens is 258 g/mol. The van der Waals surface area contributed by atoms with E-state index in [2.05, 4.69) is 20.1 Å². The van der Waals surface area contributed by atoms with Gasteiger partial charge in [-0.15, -0.1) is 10.2 Å². The van der Waals surface area contributed by atoms with Crippen LogP contribution in [0.2, 0.25) is 0 Å². The number of anilines is 1. The van der Waals surface area contributed by atoms with Crippen LogP contribution in [0.5, 0.6) is 0 Å². The Morgan fingerprint density at radius 1 is 1.45 bits per heavy atom. The molecule has 20 heavy (non-hydrogen) atoms. The summed E-state index contributed by atoms with van der Waals surface area (Å²) in [7, 11) is 0. The molecule has 0 aromatic carbocycles. The first-order valence-corrected chi connectivity index (χ1v) is 6.73. The average molecular weight is 275 g/mol. The molecule has 0 radical (unpaired) electrons. The molecular formula is C13H17N5O2. The first-order chi connectivity index (χ1) is 9.58. The molecule has 0 aliphatic carbocycles. The van der Waals surface area contributed by atoms with Gasteiger partial charge in [-0.2, -0.15) is 0 Å².